The molecular formula is C11H17Cl2NO2. The first-order valence-electron chi connectivity index (χ1n) is 5.01. The minimum absolute atomic E-state index is 0. The van der Waals surface area contributed by atoms with Crippen LogP contribution >= 0.6 is 24.0 Å². The van der Waals surface area contributed by atoms with Crippen LogP contribution in [-0.4, -0.2) is 13.2 Å². The van der Waals surface area contributed by atoms with E-state index in [9.17, 15) is 0 Å². The van der Waals surface area contributed by atoms with Gasteiger partial charge in [-0.05, 0) is 31.5 Å². The summed E-state index contributed by atoms with van der Waals surface area (Å²) in [6.07, 6.45) is 0. The van der Waals surface area contributed by atoms with E-state index in [-0.39, 0.29) is 12.4 Å². The summed E-state index contributed by atoms with van der Waals surface area (Å²) < 4.78 is 10.9. The fourth-order valence-electron chi connectivity index (χ4n) is 1.29. The van der Waals surface area contributed by atoms with Gasteiger partial charge >= 0.3 is 0 Å². The van der Waals surface area contributed by atoms with Gasteiger partial charge in [0.25, 0.3) is 0 Å². The molecular weight excluding hydrogens is 249 g/mol. The molecule has 92 valence electrons. The zero-order chi connectivity index (χ0) is 11.3. The number of ether oxygens (including phenoxy) is 2. The number of nitrogens with two attached hydrogens (primary N) is 1. The number of rotatable bonds is 5. The predicted molar refractivity (Wildman–Crippen MR) is 68.9 cm³/mol. The van der Waals surface area contributed by atoms with E-state index in [4.69, 9.17) is 26.8 Å². The Balaban J connectivity index is 0.00000225. The van der Waals surface area contributed by atoms with Gasteiger partial charge in [0.1, 0.15) is 0 Å². The van der Waals surface area contributed by atoms with E-state index in [1.54, 1.807) is 6.07 Å². The van der Waals surface area contributed by atoms with Crippen molar-refractivity contribution >= 4 is 24.0 Å². The Morgan fingerprint density at radius 2 is 1.81 bits per heavy atom. The molecule has 0 saturated carbocycles. The van der Waals surface area contributed by atoms with Crippen molar-refractivity contribution in [2.45, 2.75) is 20.4 Å². The molecule has 0 fully saturated rings. The van der Waals surface area contributed by atoms with Crippen LogP contribution in [0.2, 0.25) is 5.02 Å². The van der Waals surface area contributed by atoms with Crippen molar-refractivity contribution in [3.63, 3.8) is 0 Å². The number of hydrogen-bond acceptors (Lipinski definition) is 3. The fraction of sp³-hybridized carbons (Fsp3) is 0.455. The topological polar surface area (TPSA) is 44.5 Å². The van der Waals surface area contributed by atoms with E-state index in [0.717, 1.165) is 5.56 Å². The maximum absolute atomic E-state index is 6.07. The van der Waals surface area contributed by atoms with Gasteiger partial charge < -0.3 is 15.2 Å². The lowest BCUT2D eigenvalue weighted by Gasteiger charge is -2.13. The molecule has 0 aromatic heterocycles. The van der Waals surface area contributed by atoms with Crippen LogP contribution in [0.25, 0.3) is 0 Å². The van der Waals surface area contributed by atoms with E-state index in [0.29, 0.717) is 36.3 Å². The highest BCUT2D eigenvalue weighted by Crippen LogP contribution is 2.36. The van der Waals surface area contributed by atoms with Crippen molar-refractivity contribution in [2.75, 3.05) is 13.2 Å². The van der Waals surface area contributed by atoms with Crippen molar-refractivity contribution < 1.29 is 9.47 Å². The lowest BCUT2D eigenvalue weighted by Crippen LogP contribution is -2.02. The summed E-state index contributed by atoms with van der Waals surface area (Å²) in [5.74, 6) is 1.26. The first-order valence-corrected chi connectivity index (χ1v) is 5.38. The minimum atomic E-state index is 0. The Bertz CT molecular complexity index is 332. The van der Waals surface area contributed by atoms with Crippen LogP contribution in [0.3, 0.4) is 0 Å². The van der Waals surface area contributed by atoms with Crippen molar-refractivity contribution in [1.82, 2.24) is 0 Å². The largest absolute Gasteiger partial charge is 0.490 e. The van der Waals surface area contributed by atoms with Crippen LogP contribution in [0, 0.1) is 0 Å². The third kappa shape index (κ3) is 3.74. The molecule has 16 heavy (non-hydrogen) atoms. The maximum atomic E-state index is 6.07. The third-order valence-electron chi connectivity index (χ3n) is 1.89. The zero-order valence-corrected chi connectivity index (χ0v) is 11.0. The average Bonchev–Trinajstić information content (AvgIpc) is 2.23. The quantitative estimate of drug-likeness (QED) is 0.890. The molecule has 0 aliphatic heterocycles. The number of hydrogen-bond donors (Lipinski definition) is 1. The SMILES string of the molecule is CCOc1cc(CN)cc(Cl)c1OCC.Cl. The summed E-state index contributed by atoms with van der Waals surface area (Å²) in [6.45, 7) is 5.39. The van der Waals surface area contributed by atoms with Crippen LogP contribution in [0.5, 0.6) is 11.5 Å². The van der Waals surface area contributed by atoms with Crippen LogP contribution < -0.4 is 15.2 Å². The Hall–Kier alpha value is -0.640. The van der Waals surface area contributed by atoms with Crippen LogP contribution in [0.1, 0.15) is 19.4 Å². The molecule has 0 radical (unpaired) electrons. The smallest absolute Gasteiger partial charge is 0.179 e. The molecule has 2 N–H and O–H groups in total. The van der Waals surface area contributed by atoms with Crippen LogP contribution in [0.15, 0.2) is 12.1 Å². The molecule has 1 aromatic carbocycles. The summed E-state index contributed by atoms with van der Waals surface area (Å²) in [7, 11) is 0. The molecule has 0 aliphatic carbocycles. The molecule has 0 atom stereocenters. The molecule has 1 aromatic rings. The summed E-state index contributed by atoms with van der Waals surface area (Å²) >= 11 is 6.07. The van der Waals surface area contributed by atoms with E-state index >= 15 is 0 Å². The van der Waals surface area contributed by atoms with Crippen LogP contribution in [-0.2, 0) is 6.54 Å². The Labute approximate surface area is 107 Å². The second-order valence-electron chi connectivity index (χ2n) is 2.98. The molecule has 0 amide bonds. The van der Waals surface area contributed by atoms with Gasteiger partial charge in [0.15, 0.2) is 11.5 Å². The molecule has 1 rings (SSSR count). The molecule has 0 bridgehead atoms. The van der Waals surface area contributed by atoms with Crippen LogP contribution in [0.4, 0.5) is 0 Å². The first kappa shape index (κ1) is 15.4. The Morgan fingerprint density at radius 1 is 1.19 bits per heavy atom. The van der Waals surface area contributed by atoms with Crippen molar-refractivity contribution in [3.8, 4) is 11.5 Å². The molecule has 5 heteroatoms. The van der Waals surface area contributed by atoms with Gasteiger partial charge in [-0.3, -0.25) is 0 Å². The number of halogens is 2. The summed E-state index contributed by atoms with van der Waals surface area (Å²) in [4.78, 5) is 0. The van der Waals surface area contributed by atoms with Gasteiger partial charge in [0.05, 0.1) is 18.2 Å². The van der Waals surface area contributed by atoms with E-state index in [2.05, 4.69) is 0 Å². The lowest BCUT2D eigenvalue weighted by atomic mass is 10.2. The van der Waals surface area contributed by atoms with Gasteiger partial charge in [0, 0.05) is 6.54 Å². The van der Waals surface area contributed by atoms with E-state index in [1.165, 1.54) is 0 Å². The molecule has 3 nitrogen and oxygen atoms in total. The molecule has 0 spiro atoms. The first-order chi connectivity index (χ1) is 7.22. The minimum Gasteiger partial charge on any atom is -0.490 e. The van der Waals surface area contributed by atoms with Gasteiger partial charge in [-0.15, -0.1) is 12.4 Å². The number of benzene rings is 1. The van der Waals surface area contributed by atoms with Gasteiger partial charge in [-0.1, -0.05) is 11.6 Å². The van der Waals surface area contributed by atoms with E-state index in [1.807, 2.05) is 19.9 Å². The molecule has 0 unspecified atom stereocenters. The summed E-state index contributed by atoms with van der Waals surface area (Å²) in [5, 5.41) is 0.545. The molecule has 0 saturated heterocycles. The lowest BCUT2D eigenvalue weighted by molar-refractivity contribution is 0.287. The third-order valence-corrected chi connectivity index (χ3v) is 2.17. The van der Waals surface area contributed by atoms with E-state index < -0.39 is 0 Å². The fourth-order valence-corrected chi connectivity index (χ4v) is 1.57. The van der Waals surface area contributed by atoms with Gasteiger partial charge in [-0.25, -0.2) is 0 Å². The summed E-state index contributed by atoms with van der Waals surface area (Å²) in [5.41, 5.74) is 6.49. The average molecular weight is 266 g/mol. The standard InChI is InChI=1S/C11H16ClNO2.ClH/c1-3-14-10-6-8(7-13)5-9(12)11(10)15-4-2;/h5-6H,3-4,7,13H2,1-2H3;1H. The Morgan fingerprint density at radius 3 is 2.31 bits per heavy atom. The highest BCUT2D eigenvalue weighted by molar-refractivity contribution is 6.32. The zero-order valence-electron chi connectivity index (χ0n) is 9.46. The van der Waals surface area contributed by atoms with Crippen molar-refractivity contribution in [2.24, 2.45) is 5.73 Å². The van der Waals surface area contributed by atoms with Gasteiger partial charge in [-0.2, -0.15) is 0 Å². The second kappa shape index (κ2) is 7.60. The summed E-state index contributed by atoms with van der Waals surface area (Å²) in [6, 6.07) is 3.66. The van der Waals surface area contributed by atoms with Crippen molar-refractivity contribution in [1.29, 1.82) is 0 Å². The monoisotopic (exact) mass is 265 g/mol. The Kier molecular flexibility index (Phi) is 7.30. The highest BCUT2D eigenvalue weighted by Gasteiger charge is 2.11. The molecule has 0 aliphatic rings. The normalized spacial score (nSPS) is 9.50. The second-order valence-corrected chi connectivity index (χ2v) is 3.38. The maximum Gasteiger partial charge on any atom is 0.179 e. The predicted octanol–water partition coefficient (Wildman–Crippen LogP) is 3.02. The molecule has 0 heterocycles. The van der Waals surface area contributed by atoms with Gasteiger partial charge in [0.2, 0.25) is 0 Å². The van der Waals surface area contributed by atoms with Crippen molar-refractivity contribution in [3.05, 3.63) is 22.7 Å². The highest BCUT2D eigenvalue weighted by atomic mass is 35.5.